The maximum absolute atomic E-state index is 4.50. The number of nitrogens with zero attached hydrogens (tertiary/aromatic N) is 4. The Kier molecular flexibility index (Phi) is 3.32. The van der Waals surface area contributed by atoms with Crippen LogP contribution in [0.5, 0.6) is 0 Å². The first-order chi connectivity index (χ1) is 8.16. The average Bonchev–Trinajstić information content (AvgIpc) is 2.33. The Labute approximate surface area is 101 Å². The van der Waals surface area contributed by atoms with Crippen molar-refractivity contribution in [1.82, 2.24) is 15.0 Å². The van der Waals surface area contributed by atoms with Crippen molar-refractivity contribution in [3.05, 3.63) is 47.7 Å². The second-order valence-corrected chi connectivity index (χ2v) is 4.10. The summed E-state index contributed by atoms with van der Waals surface area (Å²) in [6.07, 6.45) is 3.59. The second-order valence-electron chi connectivity index (χ2n) is 4.10. The van der Waals surface area contributed by atoms with E-state index in [0.29, 0.717) is 0 Å². The van der Waals surface area contributed by atoms with Crippen LogP contribution in [0.3, 0.4) is 0 Å². The lowest BCUT2D eigenvalue weighted by Crippen LogP contribution is -2.20. The van der Waals surface area contributed by atoms with Gasteiger partial charge in [0.25, 0.3) is 0 Å². The largest absolute Gasteiger partial charge is 0.352 e. The number of hydrogen-bond donors (Lipinski definition) is 0. The molecule has 0 aliphatic rings. The van der Waals surface area contributed by atoms with E-state index in [1.54, 1.807) is 12.4 Å². The fraction of sp³-hybridized carbons (Fsp3) is 0.308. The van der Waals surface area contributed by atoms with E-state index in [4.69, 9.17) is 0 Å². The van der Waals surface area contributed by atoms with Gasteiger partial charge in [0.15, 0.2) is 0 Å². The summed E-state index contributed by atoms with van der Waals surface area (Å²) in [6.45, 7) is 4.65. The molecule has 2 aromatic heterocycles. The minimum absolute atomic E-state index is 0.736. The van der Waals surface area contributed by atoms with Gasteiger partial charge in [-0.05, 0) is 26.0 Å². The molecule has 0 atom stereocenters. The van der Waals surface area contributed by atoms with E-state index in [1.165, 1.54) is 0 Å². The minimum atomic E-state index is 0.736. The number of rotatable bonds is 3. The van der Waals surface area contributed by atoms with E-state index in [0.717, 1.165) is 29.4 Å². The molecule has 0 saturated heterocycles. The molecule has 0 N–H and O–H groups in total. The van der Waals surface area contributed by atoms with E-state index < -0.39 is 0 Å². The fourth-order valence-corrected chi connectivity index (χ4v) is 1.70. The smallest absolute Gasteiger partial charge is 0.150 e. The molecule has 4 heteroatoms. The highest BCUT2D eigenvalue weighted by molar-refractivity contribution is 5.42. The fourth-order valence-electron chi connectivity index (χ4n) is 1.70. The van der Waals surface area contributed by atoms with Crippen molar-refractivity contribution in [2.75, 3.05) is 11.9 Å². The van der Waals surface area contributed by atoms with Gasteiger partial charge in [0.2, 0.25) is 0 Å². The Morgan fingerprint density at radius 3 is 2.71 bits per heavy atom. The van der Waals surface area contributed by atoms with Gasteiger partial charge >= 0.3 is 0 Å². The predicted octanol–water partition coefficient (Wildman–Crippen LogP) is 2.12. The first kappa shape index (κ1) is 11.5. The van der Waals surface area contributed by atoms with E-state index in [1.807, 2.05) is 39.1 Å². The van der Waals surface area contributed by atoms with E-state index >= 15 is 0 Å². The molecule has 0 saturated carbocycles. The summed E-state index contributed by atoms with van der Waals surface area (Å²) < 4.78 is 0. The molecular formula is C13H16N4. The molecule has 0 aliphatic carbocycles. The van der Waals surface area contributed by atoms with Gasteiger partial charge in [0.1, 0.15) is 5.82 Å². The Balaban J connectivity index is 2.20. The van der Waals surface area contributed by atoms with Crippen LogP contribution in [-0.4, -0.2) is 22.0 Å². The van der Waals surface area contributed by atoms with Crippen LogP contribution in [-0.2, 0) is 6.54 Å². The molecule has 0 fully saturated rings. The molecule has 0 radical (unpaired) electrons. The zero-order valence-electron chi connectivity index (χ0n) is 10.4. The third-order valence-corrected chi connectivity index (χ3v) is 2.54. The molecule has 2 heterocycles. The molecule has 0 spiro atoms. The first-order valence-electron chi connectivity index (χ1n) is 5.58. The van der Waals surface area contributed by atoms with E-state index in [2.05, 4.69) is 19.9 Å². The Bertz CT molecular complexity index is 496. The normalized spacial score (nSPS) is 10.3. The van der Waals surface area contributed by atoms with Crippen LogP contribution in [0.15, 0.2) is 30.6 Å². The Morgan fingerprint density at radius 1 is 1.18 bits per heavy atom. The van der Waals surface area contributed by atoms with Crippen LogP contribution in [0.2, 0.25) is 0 Å². The van der Waals surface area contributed by atoms with Crippen molar-refractivity contribution >= 4 is 5.82 Å². The Hall–Kier alpha value is -1.97. The van der Waals surface area contributed by atoms with Crippen molar-refractivity contribution in [2.45, 2.75) is 20.4 Å². The summed E-state index contributed by atoms with van der Waals surface area (Å²) in [6, 6.07) is 5.92. The predicted molar refractivity (Wildman–Crippen MR) is 67.9 cm³/mol. The van der Waals surface area contributed by atoms with Crippen LogP contribution in [0.25, 0.3) is 0 Å². The maximum Gasteiger partial charge on any atom is 0.150 e. The van der Waals surface area contributed by atoms with Crippen molar-refractivity contribution in [3.63, 3.8) is 0 Å². The van der Waals surface area contributed by atoms with Crippen LogP contribution >= 0.6 is 0 Å². The number of aryl methyl sites for hydroxylation is 2. The van der Waals surface area contributed by atoms with Gasteiger partial charge < -0.3 is 4.90 Å². The molecular weight excluding hydrogens is 212 g/mol. The lowest BCUT2D eigenvalue weighted by atomic mass is 10.3. The van der Waals surface area contributed by atoms with Crippen molar-refractivity contribution in [1.29, 1.82) is 0 Å². The van der Waals surface area contributed by atoms with E-state index in [9.17, 15) is 0 Å². The van der Waals surface area contributed by atoms with Gasteiger partial charge in [-0.25, -0.2) is 4.98 Å². The molecule has 0 aliphatic heterocycles. The third kappa shape index (κ3) is 2.78. The maximum atomic E-state index is 4.50. The molecule has 0 unspecified atom stereocenters. The number of aromatic nitrogens is 3. The van der Waals surface area contributed by atoms with Crippen molar-refractivity contribution in [2.24, 2.45) is 0 Å². The van der Waals surface area contributed by atoms with E-state index in [-0.39, 0.29) is 0 Å². The van der Waals surface area contributed by atoms with Crippen LogP contribution in [0, 0.1) is 13.8 Å². The van der Waals surface area contributed by atoms with Crippen molar-refractivity contribution < 1.29 is 0 Å². The molecule has 0 aromatic carbocycles. The molecule has 0 bridgehead atoms. The summed E-state index contributed by atoms with van der Waals surface area (Å²) in [4.78, 5) is 15.2. The molecule has 4 nitrogen and oxygen atoms in total. The quantitative estimate of drug-likeness (QED) is 0.807. The average molecular weight is 228 g/mol. The highest BCUT2D eigenvalue weighted by atomic mass is 15.2. The third-order valence-electron chi connectivity index (χ3n) is 2.54. The van der Waals surface area contributed by atoms with Gasteiger partial charge in [0, 0.05) is 19.4 Å². The molecule has 0 amide bonds. The zero-order valence-corrected chi connectivity index (χ0v) is 10.4. The highest BCUT2D eigenvalue weighted by Gasteiger charge is 2.08. The summed E-state index contributed by atoms with van der Waals surface area (Å²) in [7, 11) is 2.01. The van der Waals surface area contributed by atoms with Crippen LogP contribution in [0.1, 0.15) is 17.1 Å². The highest BCUT2D eigenvalue weighted by Crippen LogP contribution is 2.15. The summed E-state index contributed by atoms with van der Waals surface area (Å²) in [5.74, 6) is 0.913. The van der Waals surface area contributed by atoms with Gasteiger partial charge in [-0.2, -0.15) is 0 Å². The molecule has 17 heavy (non-hydrogen) atoms. The number of hydrogen-bond acceptors (Lipinski definition) is 4. The molecule has 2 rings (SSSR count). The molecule has 2 aromatic rings. The standard InChI is InChI=1S/C13H16N4/c1-10-8-15-11(2)13(16-10)17(3)9-12-6-4-5-7-14-12/h4-8H,9H2,1-3H3. The summed E-state index contributed by atoms with van der Waals surface area (Å²) in [5.41, 5.74) is 2.89. The van der Waals surface area contributed by atoms with Gasteiger partial charge in [-0.15, -0.1) is 0 Å². The minimum Gasteiger partial charge on any atom is -0.352 e. The monoisotopic (exact) mass is 228 g/mol. The number of pyridine rings is 1. The van der Waals surface area contributed by atoms with Gasteiger partial charge in [0.05, 0.1) is 23.6 Å². The zero-order chi connectivity index (χ0) is 12.3. The lowest BCUT2D eigenvalue weighted by Gasteiger charge is -2.19. The molecule has 88 valence electrons. The second kappa shape index (κ2) is 4.91. The Morgan fingerprint density at radius 2 is 2.00 bits per heavy atom. The SMILES string of the molecule is Cc1cnc(C)c(N(C)Cc2ccccn2)n1. The lowest BCUT2D eigenvalue weighted by molar-refractivity contribution is 0.845. The summed E-state index contributed by atoms with van der Waals surface area (Å²) in [5, 5.41) is 0. The summed E-state index contributed by atoms with van der Waals surface area (Å²) >= 11 is 0. The topological polar surface area (TPSA) is 41.9 Å². The first-order valence-corrected chi connectivity index (χ1v) is 5.58. The van der Waals surface area contributed by atoms with Gasteiger partial charge in [-0.3, -0.25) is 9.97 Å². The number of anilines is 1. The van der Waals surface area contributed by atoms with Crippen molar-refractivity contribution in [3.8, 4) is 0 Å². The van der Waals surface area contributed by atoms with Crippen LogP contribution in [0.4, 0.5) is 5.82 Å². The van der Waals surface area contributed by atoms with Gasteiger partial charge in [-0.1, -0.05) is 6.07 Å². The van der Waals surface area contributed by atoms with Crippen LogP contribution < -0.4 is 4.90 Å².